The molecule has 24 heavy (non-hydrogen) atoms. The summed E-state index contributed by atoms with van der Waals surface area (Å²) in [6.45, 7) is 5.38. The Morgan fingerprint density at radius 1 is 1.33 bits per heavy atom. The Hall–Kier alpha value is -1.66. The lowest BCUT2D eigenvalue weighted by atomic mass is 9.52. The van der Waals surface area contributed by atoms with E-state index in [2.05, 4.69) is 11.6 Å². The molecule has 0 radical (unpaired) electrons. The first-order valence-corrected chi connectivity index (χ1v) is 8.61. The summed E-state index contributed by atoms with van der Waals surface area (Å²) in [6, 6.07) is 0. The van der Waals surface area contributed by atoms with Crippen LogP contribution in [-0.2, 0) is 14.3 Å². The second kappa shape index (κ2) is 5.43. The van der Waals surface area contributed by atoms with E-state index >= 15 is 0 Å². The van der Waals surface area contributed by atoms with Crippen molar-refractivity contribution in [2.45, 2.75) is 63.1 Å². The van der Waals surface area contributed by atoms with Crippen molar-refractivity contribution in [3.8, 4) is 0 Å². The largest absolute Gasteiger partial charge is 0.456 e. The van der Waals surface area contributed by atoms with E-state index < -0.39 is 17.6 Å². The fraction of sp³-hybridized carbons (Fsp3) is 0.667. The third-order valence-electron chi connectivity index (χ3n) is 5.75. The first-order chi connectivity index (χ1) is 11.4. The predicted octanol–water partition coefficient (Wildman–Crippen LogP) is 2.56. The molecular weight excluding hydrogens is 308 g/mol. The summed E-state index contributed by atoms with van der Waals surface area (Å²) >= 11 is 0. The van der Waals surface area contributed by atoms with Gasteiger partial charge in [0.25, 0.3) is 0 Å². The minimum Gasteiger partial charge on any atom is -0.456 e. The Bertz CT molecular complexity index is 640. The number of carbonyl (C=O) groups is 1. The van der Waals surface area contributed by atoms with Gasteiger partial charge in [-0.2, -0.15) is 0 Å². The Balaban J connectivity index is 1.56. The van der Waals surface area contributed by atoms with E-state index in [-0.39, 0.29) is 5.97 Å². The number of ether oxygens (including phenoxy) is 2. The smallest absolute Gasteiger partial charge is 0.333 e. The van der Waals surface area contributed by atoms with Gasteiger partial charge in [0.05, 0.1) is 11.9 Å². The maximum absolute atomic E-state index is 12.1. The quantitative estimate of drug-likeness (QED) is 0.510. The third kappa shape index (κ3) is 2.67. The van der Waals surface area contributed by atoms with Gasteiger partial charge in [-0.25, -0.2) is 9.78 Å². The summed E-state index contributed by atoms with van der Waals surface area (Å²) in [7, 11) is 0. The molecule has 0 aromatic carbocycles. The molecule has 4 aliphatic carbocycles. The molecule has 130 valence electrons. The average Bonchev–Trinajstić information content (AvgIpc) is 2.98. The van der Waals surface area contributed by atoms with Crippen LogP contribution in [0.1, 0.15) is 51.9 Å². The van der Waals surface area contributed by atoms with Crippen LogP contribution in [0.3, 0.4) is 0 Å². The summed E-state index contributed by atoms with van der Waals surface area (Å²) in [5, 5.41) is 10.4. The molecule has 4 aliphatic rings. The van der Waals surface area contributed by atoms with Crippen LogP contribution >= 0.6 is 0 Å². The van der Waals surface area contributed by atoms with Gasteiger partial charge in [-0.1, -0.05) is 6.58 Å². The monoisotopic (exact) mass is 332 g/mol. The molecule has 3 unspecified atom stereocenters. The van der Waals surface area contributed by atoms with Gasteiger partial charge >= 0.3 is 5.97 Å². The first kappa shape index (κ1) is 15.8. The highest BCUT2D eigenvalue weighted by atomic mass is 16.6. The van der Waals surface area contributed by atoms with Crippen molar-refractivity contribution in [2.75, 3.05) is 0 Å². The van der Waals surface area contributed by atoms with E-state index in [1.807, 2.05) is 0 Å². The van der Waals surface area contributed by atoms with Crippen molar-refractivity contribution in [3.05, 3.63) is 30.9 Å². The number of carbonyl (C=O) groups excluding carboxylic acids is 1. The minimum atomic E-state index is -1.06. The molecule has 1 aromatic heterocycles. The number of hydrogen-bond acceptors (Lipinski definition) is 5. The van der Waals surface area contributed by atoms with Gasteiger partial charge in [0, 0.05) is 24.4 Å². The van der Waals surface area contributed by atoms with Crippen LogP contribution in [0.25, 0.3) is 0 Å². The standard InChI is InChI=1S/C18H24N2O4/c1-12(2)15(21)23-17-6-13-5-14(7-17)9-18(8-13,10-17)24-16(22)20-4-3-19-11-20/h3-4,11,13-14,16,22H,1,5-10H2,2H3. The van der Waals surface area contributed by atoms with Crippen LogP contribution in [0.15, 0.2) is 30.9 Å². The highest BCUT2D eigenvalue weighted by molar-refractivity contribution is 5.87. The van der Waals surface area contributed by atoms with Crippen molar-refractivity contribution in [3.63, 3.8) is 0 Å². The molecule has 3 atom stereocenters. The molecular formula is C18H24N2O4. The fourth-order valence-electron chi connectivity index (χ4n) is 5.32. The number of aromatic nitrogens is 2. The zero-order chi connectivity index (χ0) is 16.9. The Morgan fingerprint density at radius 3 is 2.58 bits per heavy atom. The molecule has 1 heterocycles. The minimum absolute atomic E-state index is 0.317. The van der Waals surface area contributed by atoms with Crippen LogP contribution in [0, 0.1) is 11.8 Å². The summed E-state index contributed by atoms with van der Waals surface area (Å²) < 4.78 is 13.6. The molecule has 0 spiro atoms. The van der Waals surface area contributed by atoms with Crippen LogP contribution in [0.4, 0.5) is 0 Å². The van der Waals surface area contributed by atoms with Crippen molar-refractivity contribution in [1.82, 2.24) is 9.55 Å². The molecule has 1 aromatic rings. The van der Waals surface area contributed by atoms with Gasteiger partial charge in [0.1, 0.15) is 5.60 Å². The summed E-state index contributed by atoms with van der Waals surface area (Å²) in [6.07, 6.45) is 9.23. The van der Waals surface area contributed by atoms with Crippen molar-refractivity contribution < 1.29 is 19.4 Å². The van der Waals surface area contributed by atoms with Crippen molar-refractivity contribution >= 4 is 5.97 Å². The van der Waals surface area contributed by atoms with E-state index in [0.29, 0.717) is 23.8 Å². The topological polar surface area (TPSA) is 73.6 Å². The molecule has 6 heteroatoms. The average molecular weight is 332 g/mol. The summed E-state index contributed by atoms with van der Waals surface area (Å²) in [5.41, 5.74) is -0.461. The zero-order valence-electron chi connectivity index (χ0n) is 14.0. The van der Waals surface area contributed by atoms with E-state index in [4.69, 9.17) is 9.47 Å². The second-order valence-electron chi connectivity index (χ2n) is 7.95. The molecule has 0 saturated heterocycles. The number of aliphatic hydroxyl groups excluding tert-OH is 1. The maximum atomic E-state index is 12.1. The lowest BCUT2D eigenvalue weighted by Crippen LogP contribution is -2.61. The first-order valence-electron chi connectivity index (χ1n) is 8.61. The molecule has 5 rings (SSSR count). The van der Waals surface area contributed by atoms with E-state index in [9.17, 15) is 9.90 Å². The SMILES string of the molecule is C=C(C)C(=O)OC12CC3CC(C1)CC(OC(O)n1ccnc1)(C3)C2. The second-order valence-corrected chi connectivity index (χ2v) is 7.95. The van der Waals surface area contributed by atoms with Gasteiger partial charge in [-0.05, 0) is 50.9 Å². The lowest BCUT2D eigenvalue weighted by Gasteiger charge is -2.60. The molecule has 4 saturated carbocycles. The molecule has 4 fully saturated rings. The van der Waals surface area contributed by atoms with E-state index in [1.54, 1.807) is 30.2 Å². The van der Waals surface area contributed by atoms with Gasteiger partial charge < -0.3 is 14.6 Å². The number of nitrogens with zero attached hydrogens (tertiary/aromatic N) is 2. The Labute approximate surface area is 141 Å². The van der Waals surface area contributed by atoms with Crippen molar-refractivity contribution in [2.24, 2.45) is 11.8 Å². The number of rotatable bonds is 5. The lowest BCUT2D eigenvalue weighted by molar-refractivity contribution is -0.294. The number of esters is 1. The van der Waals surface area contributed by atoms with Gasteiger partial charge in [0.15, 0.2) is 0 Å². The number of aliphatic hydroxyl groups is 1. The van der Waals surface area contributed by atoms with E-state index in [1.165, 1.54) is 6.42 Å². The Kier molecular flexibility index (Phi) is 3.58. The number of hydrogen-bond donors (Lipinski definition) is 1. The van der Waals surface area contributed by atoms with E-state index in [0.717, 1.165) is 25.7 Å². The molecule has 6 nitrogen and oxygen atoms in total. The van der Waals surface area contributed by atoms with Crippen LogP contribution in [0.2, 0.25) is 0 Å². The molecule has 4 bridgehead atoms. The number of imidazole rings is 1. The highest BCUT2D eigenvalue weighted by Crippen LogP contribution is 2.60. The summed E-state index contributed by atoms with van der Waals surface area (Å²) in [4.78, 5) is 16.1. The maximum Gasteiger partial charge on any atom is 0.333 e. The summed E-state index contributed by atoms with van der Waals surface area (Å²) in [5.74, 6) is 0.653. The van der Waals surface area contributed by atoms with Crippen LogP contribution in [0.5, 0.6) is 0 Å². The molecule has 0 amide bonds. The molecule has 1 N–H and O–H groups in total. The highest BCUT2D eigenvalue weighted by Gasteiger charge is 2.61. The van der Waals surface area contributed by atoms with Gasteiger partial charge in [-0.15, -0.1) is 0 Å². The normalized spacial score (nSPS) is 38.1. The van der Waals surface area contributed by atoms with Crippen LogP contribution < -0.4 is 0 Å². The van der Waals surface area contributed by atoms with Gasteiger partial charge in [0.2, 0.25) is 6.41 Å². The van der Waals surface area contributed by atoms with Crippen molar-refractivity contribution in [1.29, 1.82) is 0 Å². The van der Waals surface area contributed by atoms with Gasteiger partial charge in [-0.3, -0.25) is 4.57 Å². The Morgan fingerprint density at radius 2 is 2.00 bits per heavy atom. The van der Waals surface area contributed by atoms with Crippen LogP contribution in [-0.4, -0.2) is 31.8 Å². The third-order valence-corrected chi connectivity index (χ3v) is 5.75. The zero-order valence-corrected chi connectivity index (χ0v) is 14.0. The predicted molar refractivity (Wildman–Crippen MR) is 85.6 cm³/mol. The molecule has 0 aliphatic heterocycles. The fourth-order valence-corrected chi connectivity index (χ4v) is 5.32.